The molecule has 0 N–H and O–H groups in total. The average Bonchev–Trinajstić information content (AvgIpc) is 2.70. The lowest BCUT2D eigenvalue weighted by Crippen LogP contribution is -2.49. The molecule has 2 aromatic rings. The predicted octanol–water partition coefficient (Wildman–Crippen LogP) is 3.98. The first-order valence-electron chi connectivity index (χ1n) is 9.52. The minimum absolute atomic E-state index is 0.182. The number of piperazine rings is 1. The van der Waals surface area contributed by atoms with E-state index in [4.69, 9.17) is 4.74 Å². The molecule has 4 heteroatoms. The number of carbonyl (C=O) groups is 1. The Bertz CT molecular complexity index is 628. The summed E-state index contributed by atoms with van der Waals surface area (Å²) in [6.45, 7) is 6.64. The minimum Gasteiger partial charge on any atom is -0.450 e. The van der Waals surface area contributed by atoms with E-state index in [0.29, 0.717) is 12.5 Å². The van der Waals surface area contributed by atoms with Crippen LogP contribution >= 0.6 is 0 Å². The highest BCUT2D eigenvalue weighted by molar-refractivity contribution is 5.67. The summed E-state index contributed by atoms with van der Waals surface area (Å²) in [5.74, 6) is 0.403. The summed E-state index contributed by atoms with van der Waals surface area (Å²) >= 11 is 0. The highest BCUT2D eigenvalue weighted by atomic mass is 16.6. The molecule has 138 valence electrons. The van der Waals surface area contributed by atoms with Gasteiger partial charge in [-0.1, -0.05) is 60.7 Å². The first kappa shape index (κ1) is 18.5. The molecule has 0 saturated carbocycles. The number of nitrogens with zero attached hydrogens (tertiary/aromatic N) is 2. The molecule has 0 aromatic heterocycles. The van der Waals surface area contributed by atoms with Gasteiger partial charge in [0.1, 0.15) is 0 Å². The van der Waals surface area contributed by atoms with E-state index in [1.165, 1.54) is 11.1 Å². The molecule has 0 spiro atoms. The Labute approximate surface area is 156 Å². The fourth-order valence-electron chi connectivity index (χ4n) is 3.58. The average molecular weight is 352 g/mol. The maximum absolute atomic E-state index is 11.8. The Kier molecular flexibility index (Phi) is 6.67. The molecule has 26 heavy (non-hydrogen) atoms. The van der Waals surface area contributed by atoms with Crippen LogP contribution in [0, 0.1) is 0 Å². The van der Waals surface area contributed by atoms with Gasteiger partial charge in [-0.05, 0) is 31.0 Å². The van der Waals surface area contributed by atoms with E-state index in [0.717, 1.165) is 39.1 Å². The largest absolute Gasteiger partial charge is 0.450 e. The third kappa shape index (κ3) is 4.85. The Hall–Kier alpha value is -2.33. The zero-order chi connectivity index (χ0) is 18.2. The lowest BCUT2D eigenvalue weighted by molar-refractivity contribution is 0.0791. The molecule has 1 heterocycles. The molecule has 1 amide bonds. The smallest absolute Gasteiger partial charge is 0.409 e. The highest BCUT2D eigenvalue weighted by Crippen LogP contribution is 2.28. The van der Waals surface area contributed by atoms with Crippen molar-refractivity contribution in [2.45, 2.75) is 19.3 Å². The summed E-state index contributed by atoms with van der Waals surface area (Å²) in [5.41, 5.74) is 2.73. The van der Waals surface area contributed by atoms with Crippen molar-refractivity contribution in [3.63, 3.8) is 0 Å². The molecule has 0 unspecified atom stereocenters. The second kappa shape index (κ2) is 9.39. The Morgan fingerprint density at radius 2 is 1.46 bits per heavy atom. The van der Waals surface area contributed by atoms with Crippen molar-refractivity contribution in [2.75, 3.05) is 39.3 Å². The molecule has 3 rings (SSSR count). The second-order valence-corrected chi connectivity index (χ2v) is 6.69. The second-order valence-electron chi connectivity index (χ2n) is 6.69. The zero-order valence-electron chi connectivity index (χ0n) is 15.5. The van der Waals surface area contributed by atoms with Gasteiger partial charge < -0.3 is 9.64 Å². The van der Waals surface area contributed by atoms with E-state index < -0.39 is 0 Å². The molecule has 4 nitrogen and oxygen atoms in total. The van der Waals surface area contributed by atoms with Crippen LogP contribution in [0.1, 0.15) is 30.4 Å². The SMILES string of the molecule is CCOC(=O)N1CCN(CCC(c2ccccc2)c2ccccc2)CC1. The predicted molar refractivity (Wildman–Crippen MR) is 104 cm³/mol. The fourth-order valence-corrected chi connectivity index (χ4v) is 3.58. The first-order valence-corrected chi connectivity index (χ1v) is 9.52. The van der Waals surface area contributed by atoms with Crippen molar-refractivity contribution in [1.82, 2.24) is 9.80 Å². The van der Waals surface area contributed by atoms with Crippen LogP contribution in [-0.4, -0.2) is 55.2 Å². The van der Waals surface area contributed by atoms with Crippen LogP contribution in [0.4, 0.5) is 4.79 Å². The van der Waals surface area contributed by atoms with Crippen LogP contribution in [0.3, 0.4) is 0 Å². The summed E-state index contributed by atoms with van der Waals surface area (Å²) in [7, 11) is 0. The van der Waals surface area contributed by atoms with Gasteiger partial charge in [-0.25, -0.2) is 4.79 Å². The normalized spacial score (nSPS) is 15.2. The molecule has 0 radical (unpaired) electrons. The van der Waals surface area contributed by atoms with Crippen LogP contribution < -0.4 is 0 Å². The van der Waals surface area contributed by atoms with E-state index in [-0.39, 0.29) is 6.09 Å². The number of hydrogen-bond donors (Lipinski definition) is 0. The molecule has 0 aliphatic carbocycles. The van der Waals surface area contributed by atoms with Crippen molar-refractivity contribution < 1.29 is 9.53 Å². The van der Waals surface area contributed by atoms with Gasteiger partial charge in [0, 0.05) is 32.1 Å². The van der Waals surface area contributed by atoms with Crippen molar-refractivity contribution in [2.24, 2.45) is 0 Å². The molecule has 1 fully saturated rings. The Morgan fingerprint density at radius 3 is 1.96 bits per heavy atom. The molecular weight excluding hydrogens is 324 g/mol. The van der Waals surface area contributed by atoms with Crippen LogP contribution in [0.5, 0.6) is 0 Å². The van der Waals surface area contributed by atoms with Gasteiger partial charge in [-0.15, -0.1) is 0 Å². The van der Waals surface area contributed by atoms with Crippen molar-refractivity contribution in [1.29, 1.82) is 0 Å². The van der Waals surface area contributed by atoms with E-state index in [1.807, 2.05) is 11.8 Å². The molecule has 1 saturated heterocycles. The van der Waals surface area contributed by atoms with Crippen molar-refractivity contribution >= 4 is 6.09 Å². The maximum Gasteiger partial charge on any atom is 0.409 e. The van der Waals surface area contributed by atoms with Gasteiger partial charge in [0.25, 0.3) is 0 Å². The fraction of sp³-hybridized carbons (Fsp3) is 0.409. The third-order valence-electron chi connectivity index (χ3n) is 5.04. The number of rotatable bonds is 6. The van der Waals surface area contributed by atoms with Crippen molar-refractivity contribution in [3.8, 4) is 0 Å². The van der Waals surface area contributed by atoms with Gasteiger partial charge in [-0.3, -0.25) is 4.90 Å². The molecule has 0 atom stereocenters. The molecule has 0 bridgehead atoms. The number of amides is 1. The van der Waals surface area contributed by atoms with Crippen LogP contribution in [0.25, 0.3) is 0 Å². The number of hydrogen-bond acceptors (Lipinski definition) is 3. The summed E-state index contributed by atoms with van der Waals surface area (Å²) in [4.78, 5) is 16.1. The number of ether oxygens (including phenoxy) is 1. The topological polar surface area (TPSA) is 32.8 Å². The molecule has 2 aromatic carbocycles. The lowest BCUT2D eigenvalue weighted by Gasteiger charge is -2.34. The minimum atomic E-state index is -0.182. The summed E-state index contributed by atoms with van der Waals surface area (Å²) < 4.78 is 5.10. The summed E-state index contributed by atoms with van der Waals surface area (Å²) in [6, 6.07) is 21.5. The van der Waals surface area contributed by atoms with E-state index in [2.05, 4.69) is 65.6 Å². The van der Waals surface area contributed by atoms with Crippen LogP contribution in [-0.2, 0) is 4.74 Å². The van der Waals surface area contributed by atoms with Crippen LogP contribution in [0.15, 0.2) is 60.7 Å². The van der Waals surface area contributed by atoms with E-state index >= 15 is 0 Å². The van der Waals surface area contributed by atoms with E-state index in [9.17, 15) is 4.79 Å². The molecule has 1 aliphatic heterocycles. The van der Waals surface area contributed by atoms with Gasteiger partial charge in [0.15, 0.2) is 0 Å². The van der Waals surface area contributed by atoms with Gasteiger partial charge in [0.05, 0.1) is 6.61 Å². The maximum atomic E-state index is 11.8. The number of carbonyl (C=O) groups excluding carboxylic acids is 1. The van der Waals surface area contributed by atoms with E-state index in [1.54, 1.807) is 0 Å². The summed E-state index contributed by atoms with van der Waals surface area (Å²) in [6.07, 6.45) is 0.895. The Morgan fingerprint density at radius 1 is 0.923 bits per heavy atom. The standard InChI is InChI=1S/C22H28N2O2/c1-2-26-22(25)24-17-15-23(16-18-24)14-13-21(19-9-5-3-6-10-19)20-11-7-4-8-12-20/h3-12,21H,2,13-18H2,1H3. The van der Waals surface area contributed by atoms with Crippen molar-refractivity contribution in [3.05, 3.63) is 71.8 Å². The van der Waals surface area contributed by atoms with Crippen LogP contribution in [0.2, 0.25) is 0 Å². The van der Waals surface area contributed by atoms with Gasteiger partial charge >= 0.3 is 6.09 Å². The molecule has 1 aliphatic rings. The monoisotopic (exact) mass is 352 g/mol. The third-order valence-corrected chi connectivity index (χ3v) is 5.04. The summed E-state index contributed by atoms with van der Waals surface area (Å²) in [5, 5.41) is 0. The number of benzene rings is 2. The first-order chi connectivity index (χ1) is 12.8. The quantitative estimate of drug-likeness (QED) is 0.788. The Balaban J connectivity index is 1.58. The highest BCUT2D eigenvalue weighted by Gasteiger charge is 2.23. The van der Waals surface area contributed by atoms with Gasteiger partial charge in [-0.2, -0.15) is 0 Å². The zero-order valence-corrected chi connectivity index (χ0v) is 15.5. The lowest BCUT2D eigenvalue weighted by atomic mass is 9.88. The molecular formula is C22H28N2O2. The van der Waals surface area contributed by atoms with Gasteiger partial charge in [0.2, 0.25) is 0 Å².